The summed E-state index contributed by atoms with van der Waals surface area (Å²) in [5, 5.41) is 14.6. The SMILES string of the molecule is CC(C)OCCNC(=O)NCC1(C(=O)O)CCOCC1. The molecule has 1 aliphatic heterocycles. The van der Waals surface area contributed by atoms with E-state index < -0.39 is 11.4 Å². The van der Waals surface area contributed by atoms with Crippen LogP contribution in [0, 0.1) is 5.41 Å². The average Bonchev–Trinajstić information content (AvgIpc) is 2.42. The summed E-state index contributed by atoms with van der Waals surface area (Å²) in [4.78, 5) is 23.0. The Hall–Kier alpha value is -1.34. The van der Waals surface area contributed by atoms with Crippen molar-refractivity contribution in [3.8, 4) is 0 Å². The third kappa shape index (κ3) is 5.34. The lowest BCUT2D eigenvalue weighted by molar-refractivity contribution is -0.154. The maximum Gasteiger partial charge on any atom is 0.314 e. The Morgan fingerprint density at radius 3 is 2.50 bits per heavy atom. The molecule has 1 fully saturated rings. The molecular formula is C13H24N2O5. The fraction of sp³-hybridized carbons (Fsp3) is 0.846. The van der Waals surface area contributed by atoms with E-state index in [2.05, 4.69) is 10.6 Å². The molecule has 0 aromatic rings. The fourth-order valence-corrected chi connectivity index (χ4v) is 2.00. The number of carboxylic acids is 1. The lowest BCUT2D eigenvalue weighted by atomic mass is 9.80. The summed E-state index contributed by atoms with van der Waals surface area (Å²) in [6.45, 7) is 5.61. The first-order valence-corrected chi connectivity index (χ1v) is 6.91. The van der Waals surface area contributed by atoms with Crippen LogP contribution in [0.4, 0.5) is 4.79 Å². The fourth-order valence-electron chi connectivity index (χ4n) is 2.00. The topological polar surface area (TPSA) is 96.9 Å². The van der Waals surface area contributed by atoms with E-state index in [1.54, 1.807) is 0 Å². The maximum absolute atomic E-state index is 11.6. The molecule has 0 aromatic carbocycles. The van der Waals surface area contributed by atoms with Gasteiger partial charge in [-0.3, -0.25) is 4.79 Å². The van der Waals surface area contributed by atoms with Crippen LogP contribution >= 0.6 is 0 Å². The monoisotopic (exact) mass is 288 g/mol. The average molecular weight is 288 g/mol. The molecule has 1 aliphatic rings. The molecule has 0 unspecified atom stereocenters. The van der Waals surface area contributed by atoms with Crippen molar-refractivity contribution in [3.05, 3.63) is 0 Å². The van der Waals surface area contributed by atoms with Gasteiger partial charge in [-0.15, -0.1) is 0 Å². The zero-order valence-corrected chi connectivity index (χ0v) is 12.1. The van der Waals surface area contributed by atoms with E-state index in [0.717, 1.165) is 0 Å². The Kier molecular flexibility index (Phi) is 6.74. The maximum atomic E-state index is 11.6. The molecule has 7 heteroatoms. The minimum absolute atomic E-state index is 0.114. The second-order valence-electron chi connectivity index (χ2n) is 5.23. The van der Waals surface area contributed by atoms with Gasteiger partial charge >= 0.3 is 12.0 Å². The molecule has 0 atom stereocenters. The third-order valence-electron chi connectivity index (χ3n) is 3.33. The third-order valence-corrected chi connectivity index (χ3v) is 3.33. The summed E-state index contributed by atoms with van der Waals surface area (Å²) in [6.07, 6.45) is 0.954. The van der Waals surface area contributed by atoms with E-state index in [1.807, 2.05) is 13.8 Å². The summed E-state index contributed by atoms with van der Waals surface area (Å²) in [5.74, 6) is -0.885. The molecule has 1 rings (SSSR count). The van der Waals surface area contributed by atoms with Gasteiger partial charge in [0.2, 0.25) is 0 Å². The van der Waals surface area contributed by atoms with Gasteiger partial charge in [0.15, 0.2) is 0 Å². The molecule has 0 spiro atoms. The van der Waals surface area contributed by atoms with Gasteiger partial charge in [-0.05, 0) is 26.7 Å². The summed E-state index contributed by atoms with van der Waals surface area (Å²) in [5.41, 5.74) is -0.913. The second-order valence-corrected chi connectivity index (χ2v) is 5.23. The number of aliphatic carboxylic acids is 1. The molecule has 7 nitrogen and oxygen atoms in total. The van der Waals surface area contributed by atoms with Gasteiger partial charge in [0, 0.05) is 26.3 Å². The molecule has 0 saturated carbocycles. The van der Waals surface area contributed by atoms with E-state index in [-0.39, 0.29) is 18.7 Å². The number of amides is 2. The van der Waals surface area contributed by atoms with Crippen LogP contribution in [0.1, 0.15) is 26.7 Å². The molecule has 1 saturated heterocycles. The minimum atomic E-state index is -0.913. The van der Waals surface area contributed by atoms with E-state index in [0.29, 0.717) is 39.2 Å². The number of nitrogens with one attached hydrogen (secondary N) is 2. The van der Waals surface area contributed by atoms with Crippen LogP contribution in [-0.4, -0.2) is 56.1 Å². The molecular weight excluding hydrogens is 264 g/mol. The largest absolute Gasteiger partial charge is 0.481 e. The molecule has 2 amide bonds. The van der Waals surface area contributed by atoms with Gasteiger partial charge in [0.05, 0.1) is 18.1 Å². The number of ether oxygens (including phenoxy) is 2. The smallest absolute Gasteiger partial charge is 0.314 e. The van der Waals surface area contributed by atoms with Gasteiger partial charge in [0.25, 0.3) is 0 Å². The van der Waals surface area contributed by atoms with Gasteiger partial charge < -0.3 is 25.2 Å². The highest BCUT2D eigenvalue weighted by atomic mass is 16.5. The van der Waals surface area contributed by atoms with Crippen molar-refractivity contribution < 1.29 is 24.2 Å². The summed E-state index contributed by atoms with van der Waals surface area (Å²) >= 11 is 0. The highest BCUT2D eigenvalue weighted by Gasteiger charge is 2.40. The molecule has 0 aromatic heterocycles. The van der Waals surface area contributed by atoms with Crippen LogP contribution in [0.15, 0.2) is 0 Å². The van der Waals surface area contributed by atoms with Crippen molar-refractivity contribution in [2.75, 3.05) is 32.9 Å². The Labute approximate surface area is 119 Å². The van der Waals surface area contributed by atoms with Crippen LogP contribution in [0.5, 0.6) is 0 Å². The summed E-state index contributed by atoms with van der Waals surface area (Å²) in [7, 11) is 0. The Balaban J connectivity index is 2.29. The number of rotatable bonds is 7. The Morgan fingerprint density at radius 1 is 1.30 bits per heavy atom. The van der Waals surface area contributed by atoms with Crippen LogP contribution in [0.25, 0.3) is 0 Å². The first-order chi connectivity index (χ1) is 9.46. The predicted octanol–water partition coefficient (Wildman–Crippen LogP) is 0.592. The molecule has 0 aliphatic carbocycles. The molecule has 0 bridgehead atoms. The van der Waals surface area contributed by atoms with Crippen LogP contribution in [0.3, 0.4) is 0 Å². The standard InChI is InChI=1S/C13H24N2O5/c1-10(2)20-8-5-14-12(18)15-9-13(11(16)17)3-6-19-7-4-13/h10H,3-9H2,1-2H3,(H,16,17)(H2,14,15,18). The minimum Gasteiger partial charge on any atom is -0.481 e. The first-order valence-electron chi connectivity index (χ1n) is 6.91. The highest BCUT2D eigenvalue weighted by molar-refractivity contribution is 5.78. The lowest BCUT2D eigenvalue weighted by Crippen LogP contribution is -2.49. The first kappa shape index (κ1) is 16.7. The van der Waals surface area contributed by atoms with Gasteiger partial charge in [-0.2, -0.15) is 0 Å². The lowest BCUT2D eigenvalue weighted by Gasteiger charge is -2.33. The molecule has 1 heterocycles. The Bertz CT molecular complexity index is 327. The van der Waals surface area contributed by atoms with Crippen molar-refractivity contribution >= 4 is 12.0 Å². The van der Waals surface area contributed by atoms with Crippen molar-refractivity contribution in [3.63, 3.8) is 0 Å². The predicted molar refractivity (Wildman–Crippen MR) is 72.6 cm³/mol. The number of urea groups is 1. The number of hydrogen-bond acceptors (Lipinski definition) is 4. The van der Waals surface area contributed by atoms with Crippen LogP contribution in [0.2, 0.25) is 0 Å². The highest BCUT2D eigenvalue weighted by Crippen LogP contribution is 2.29. The quantitative estimate of drug-likeness (QED) is 0.596. The van der Waals surface area contributed by atoms with Crippen molar-refractivity contribution in [1.29, 1.82) is 0 Å². The molecule has 3 N–H and O–H groups in total. The number of carbonyl (C=O) groups excluding carboxylic acids is 1. The van der Waals surface area contributed by atoms with Crippen LogP contribution < -0.4 is 10.6 Å². The normalized spacial score (nSPS) is 17.8. The number of carboxylic acid groups (broad SMARTS) is 1. The van der Waals surface area contributed by atoms with E-state index in [1.165, 1.54) is 0 Å². The van der Waals surface area contributed by atoms with Gasteiger partial charge in [-0.25, -0.2) is 4.79 Å². The van der Waals surface area contributed by atoms with E-state index >= 15 is 0 Å². The van der Waals surface area contributed by atoms with E-state index in [9.17, 15) is 14.7 Å². The van der Waals surface area contributed by atoms with Crippen molar-refractivity contribution in [1.82, 2.24) is 10.6 Å². The van der Waals surface area contributed by atoms with E-state index in [4.69, 9.17) is 9.47 Å². The zero-order chi connectivity index (χ0) is 15.0. The van der Waals surface area contributed by atoms with Crippen LogP contribution in [-0.2, 0) is 14.3 Å². The second kappa shape index (κ2) is 8.06. The molecule has 20 heavy (non-hydrogen) atoms. The number of hydrogen-bond donors (Lipinski definition) is 3. The summed E-state index contributed by atoms with van der Waals surface area (Å²) < 4.78 is 10.5. The van der Waals surface area contributed by atoms with Gasteiger partial charge in [0.1, 0.15) is 0 Å². The summed E-state index contributed by atoms with van der Waals surface area (Å²) in [6, 6.07) is -0.371. The zero-order valence-electron chi connectivity index (χ0n) is 12.1. The molecule has 116 valence electrons. The van der Waals surface area contributed by atoms with Crippen molar-refractivity contribution in [2.24, 2.45) is 5.41 Å². The van der Waals surface area contributed by atoms with Crippen molar-refractivity contribution in [2.45, 2.75) is 32.8 Å². The molecule has 0 radical (unpaired) electrons. The number of carbonyl (C=O) groups is 2. The van der Waals surface area contributed by atoms with Gasteiger partial charge in [-0.1, -0.05) is 0 Å². The Morgan fingerprint density at radius 2 is 1.95 bits per heavy atom.